The van der Waals surface area contributed by atoms with E-state index in [9.17, 15) is 0 Å². The van der Waals surface area contributed by atoms with Gasteiger partial charge in [-0.25, -0.2) is 4.98 Å². The molecular formula is C17H28N4. The Balaban J connectivity index is 1.92. The van der Waals surface area contributed by atoms with Crippen LogP contribution in [0.1, 0.15) is 42.5 Å². The lowest BCUT2D eigenvalue weighted by molar-refractivity contribution is 0.371. The Bertz CT molecular complexity index is 498. The summed E-state index contributed by atoms with van der Waals surface area (Å²) in [5.41, 5.74) is 10.0. The first kappa shape index (κ1) is 14.8. The summed E-state index contributed by atoms with van der Waals surface area (Å²) in [6.45, 7) is 2.82. The Labute approximate surface area is 128 Å². The van der Waals surface area contributed by atoms with E-state index in [0.717, 1.165) is 19.5 Å². The molecule has 2 heterocycles. The molecule has 0 saturated carbocycles. The maximum absolute atomic E-state index is 6.02. The molecule has 4 nitrogen and oxygen atoms in total. The molecule has 1 saturated heterocycles. The number of nitrogens with zero attached hydrogens (tertiary/aromatic N) is 3. The van der Waals surface area contributed by atoms with Crippen molar-refractivity contribution >= 4 is 5.82 Å². The topological polar surface area (TPSA) is 45.4 Å². The number of rotatable bonds is 4. The molecule has 0 amide bonds. The van der Waals surface area contributed by atoms with Crippen LogP contribution in [0, 0.1) is 0 Å². The highest BCUT2D eigenvalue weighted by molar-refractivity contribution is 5.52. The Hall–Kier alpha value is -1.13. The lowest BCUT2D eigenvalue weighted by Gasteiger charge is -2.31. The first-order valence-corrected chi connectivity index (χ1v) is 8.32. The molecule has 21 heavy (non-hydrogen) atoms. The smallest absolute Gasteiger partial charge is 0.133 e. The molecule has 1 aromatic rings. The van der Waals surface area contributed by atoms with Gasteiger partial charge in [0.2, 0.25) is 0 Å². The molecule has 1 aromatic heterocycles. The van der Waals surface area contributed by atoms with Crippen LogP contribution in [0.3, 0.4) is 0 Å². The number of aromatic nitrogens is 1. The van der Waals surface area contributed by atoms with Crippen molar-refractivity contribution < 1.29 is 0 Å². The zero-order chi connectivity index (χ0) is 14.8. The summed E-state index contributed by atoms with van der Waals surface area (Å²) >= 11 is 0. The van der Waals surface area contributed by atoms with Crippen LogP contribution in [-0.4, -0.2) is 43.1 Å². The van der Waals surface area contributed by atoms with Gasteiger partial charge in [0.1, 0.15) is 5.82 Å². The lowest BCUT2D eigenvalue weighted by Crippen LogP contribution is -2.39. The lowest BCUT2D eigenvalue weighted by atomic mass is 9.94. The maximum atomic E-state index is 6.02. The highest BCUT2D eigenvalue weighted by Crippen LogP contribution is 2.31. The molecule has 2 aliphatic rings. The van der Waals surface area contributed by atoms with E-state index in [4.69, 9.17) is 10.7 Å². The van der Waals surface area contributed by atoms with Gasteiger partial charge in [0.25, 0.3) is 0 Å². The molecule has 0 radical (unpaired) electrons. The summed E-state index contributed by atoms with van der Waals surface area (Å²) in [4.78, 5) is 9.84. The first-order chi connectivity index (χ1) is 10.2. The van der Waals surface area contributed by atoms with E-state index >= 15 is 0 Å². The summed E-state index contributed by atoms with van der Waals surface area (Å²) in [5, 5.41) is 0. The molecule has 3 rings (SSSR count). The van der Waals surface area contributed by atoms with Crippen LogP contribution >= 0.6 is 0 Å². The molecule has 1 unspecified atom stereocenters. The zero-order valence-corrected chi connectivity index (χ0v) is 13.4. The van der Waals surface area contributed by atoms with Gasteiger partial charge in [-0.15, -0.1) is 0 Å². The van der Waals surface area contributed by atoms with Crippen LogP contribution in [0.4, 0.5) is 5.82 Å². The monoisotopic (exact) mass is 288 g/mol. The summed E-state index contributed by atoms with van der Waals surface area (Å²) in [7, 11) is 4.31. The van der Waals surface area contributed by atoms with Crippen LogP contribution in [0.5, 0.6) is 0 Å². The maximum Gasteiger partial charge on any atom is 0.133 e. The van der Waals surface area contributed by atoms with Crippen LogP contribution in [0.15, 0.2) is 6.07 Å². The van der Waals surface area contributed by atoms with E-state index in [1.807, 2.05) is 0 Å². The molecule has 1 atom stereocenters. The molecule has 0 bridgehead atoms. The van der Waals surface area contributed by atoms with Crippen LogP contribution < -0.4 is 10.6 Å². The Morgan fingerprint density at radius 2 is 2.10 bits per heavy atom. The van der Waals surface area contributed by atoms with Crippen LogP contribution in [-0.2, 0) is 19.4 Å². The summed E-state index contributed by atoms with van der Waals surface area (Å²) in [6.07, 6.45) is 7.42. The number of likely N-dealkylation sites (N-methyl/N-ethyl adjacent to an activating group) is 1. The normalized spacial score (nSPS) is 21.9. The van der Waals surface area contributed by atoms with Crippen molar-refractivity contribution in [2.45, 2.75) is 51.1 Å². The van der Waals surface area contributed by atoms with Crippen molar-refractivity contribution in [3.63, 3.8) is 0 Å². The number of aryl methyl sites for hydroxylation is 2. The third kappa shape index (κ3) is 3.06. The summed E-state index contributed by atoms with van der Waals surface area (Å²) < 4.78 is 0. The molecular weight excluding hydrogens is 260 g/mol. The largest absolute Gasteiger partial charge is 0.352 e. The second-order valence-electron chi connectivity index (χ2n) is 6.74. The number of hydrogen-bond donors (Lipinski definition) is 1. The fourth-order valence-corrected chi connectivity index (χ4v) is 3.80. The summed E-state index contributed by atoms with van der Waals surface area (Å²) in [5.74, 6) is 1.17. The van der Waals surface area contributed by atoms with Gasteiger partial charge in [0.05, 0.1) is 0 Å². The predicted octanol–water partition coefficient (Wildman–Crippen LogP) is 1.95. The van der Waals surface area contributed by atoms with Gasteiger partial charge in [-0.05, 0) is 64.3 Å². The number of nitrogens with two attached hydrogens (primary N) is 1. The highest BCUT2D eigenvalue weighted by atomic mass is 15.3. The van der Waals surface area contributed by atoms with Gasteiger partial charge < -0.3 is 15.5 Å². The van der Waals surface area contributed by atoms with E-state index in [-0.39, 0.29) is 0 Å². The molecule has 0 aromatic carbocycles. The Kier molecular flexibility index (Phi) is 4.45. The van der Waals surface area contributed by atoms with Gasteiger partial charge in [-0.1, -0.05) is 0 Å². The minimum Gasteiger partial charge on any atom is -0.352 e. The van der Waals surface area contributed by atoms with Gasteiger partial charge in [0.15, 0.2) is 0 Å². The van der Waals surface area contributed by atoms with Crippen LogP contribution in [0.2, 0.25) is 0 Å². The van der Waals surface area contributed by atoms with Crippen molar-refractivity contribution in [2.24, 2.45) is 5.73 Å². The van der Waals surface area contributed by atoms with Crippen molar-refractivity contribution in [3.8, 4) is 0 Å². The van der Waals surface area contributed by atoms with Crippen molar-refractivity contribution in [2.75, 3.05) is 32.1 Å². The second kappa shape index (κ2) is 6.32. The average molecular weight is 288 g/mol. The van der Waals surface area contributed by atoms with E-state index in [1.54, 1.807) is 0 Å². The zero-order valence-electron chi connectivity index (χ0n) is 13.4. The third-order valence-electron chi connectivity index (χ3n) is 4.80. The van der Waals surface area contributed by atoms with Gasteiger partial charge >= 0.3 is 0 Å². The number of hydrogen-bond acceptors (Lipinski definition) is 4. The van der Waals surface area contributed by atoms with Gasteiger partial charge in [-0.2, -0.15) is 0 Å². The highest BCUT2D eigenvalue weighted by Gasteiger charge is 2.28. The average Bonchev–Trinajstić information content (AvgIpc) is 2.93. The van der Waals surface area contributed by atoms with Crippen molar-refractivity contribution in [1.29, 1.82) is 0 Å². The van der Waals surface area contributed by atoms with E-state index in [1.165, 1.54) is 54.7 Å². The second-order valence-corrected chi connectivity index (χ2v) is 6.74. The quantitative estimate of drug-likeness (QED) is 0.920. The first-order valence-electron chi connectivity index (χ1n) is 8.32. The standard InChI is InChI=1S/C17H28N4/c1-20(2)12-15-7-5-9-21(15)17-14(11-18)10-13-6-3-4-8-16(13)19-17/h10,15H,3-9,11-12,18H2,1-2H3. The van der Waals surface area contributed by atoms with Gasteiger partial charge in [-0.3, -0.25) is 0 Å². The number of anilines is 1. The van der Waals surface area contributed by atoms with E-state index in [0.29, 0.717) is 12.6 Å². The summed E-state index contributed by atoms with van der Waals surface area (Å²) in [6, 6.07) is 2.92. The van der Waals surface area contributed by atoms with E-state index in [2.05, 4.69) is 30.0 Å². The molecule has 1 aliphatic carbocycles. The minimum atomic E-state index is 0.583. The fraction of sp³-hybridized carbons (Fsp3) is 0.706. The Morgan fingerprint density at radius 1 is 1.29 bits per heavy atom. The molecule has 116 valence electrons. The molecule has 1 fully saturated rings. The number of fused-ring (bicyclic) bond motifs is 1. The van der Waals surface area contributed by atoms with Crippen molar-refractivity contribution in [1.82, 2.24) is 9.88 Å². The van der Waals surface area contributed by atoms with E-state index < -0.39 is 0 Å². The molecule has 1 aliphatic heterocycles. The van der Waals surface area contributed by atoms with Gasteiger partial charge in [0, 0.05) is 36.9 Å². The Morgan fingerprint density at radius 3 is 2.86 bits per heavy atom. The SMILES string of the molecule is CN(C)CC1CCCN1c1nc2c(cc1CN)CCCC2. The minimum absolute atomic E-state index is 0.583. The van der Waals surface area contributed by atoms with Crippen LogP contribution in [0.25, 0.3) is 0 Å². The number of pyridine rings is 1. The fourth-order valence-electron chi connectivity index (χ4n) is 3.80. The molecule has 2 N–H and O–H groups in total. The third-order valence-corrected chi connectivity index (χ3v) is 4.80. The van der Waals surface area contributed by atoms with Crippen molar-refractivity contribution in [3.05, 3.63) is 22.9 Å². The molecule has 4 heteroatoms. The molecule has 0 spiro atoms. The predicted molar refractivity (Wildman–Crippen MR) is 87.7 cm³/mol.